The fraction of sp³-hybridized carbons (Fsp3) is 0.154. The molecule has 0 atom stereocenters. The molecule has 3 aromatic carbocycles. The topological polar surface area (TPSA) is 107 Å². The number of methoxy groups -OCH3 is 2. The van der Waals surface area contributed by atoms with E-state index in [1.54, 1.807) is 60.7 Å². The number of sulfonamides is 1. The van der Waals surface area contributed by atoms with E-state index in [2.05, 4.69) is 17.1 Å². The smallest absolute Gasteiger partial charge is 0.264 e. The van der Waals surface area contributed by atoms with Crippen molar-refractivity contribution < 1.29 is 27.4 Å². The summed E-state index contributed by atoms with van der Waals surface area (Å²) in [6.45, 7) is 3.46. The second-order valence-electron chi connectivity index (χ2n) is 7.32. The highest BCUT2D eigenvalue weighted by Gasteiger charge is 2.29. The number of anilines is 1. The van der Waals surface area contributed by atoms with Crippen molar-refractivity contribution in [1.29, 1.82) is 0 Å². The van der Waals surface area contributed by atoms with Gasteiger partial charge in [-0.15, -0.1) is 0 Å². The van der Waals surface area contributed by atoms with E-state index in [9.17, 15) is 13.2 Å². The van der Waals surface area contributed by atoms with Crippen LogP contribution < -0.4 is 23.9 Å². The second kappa shape index (κ2) is 12.4. The first kappa shape index (κ1) is 26.3. The normalized spacial score (nSPS) is 11.1. The van der Waals surface area contributed by atoms with E-state index < -0.39 is 22.5 Å². The Hall–Kier alpha value is -4.31. The van der Waals surface area contributed by atoms with Gasteiger partial charge in [0.1, 0.15) is 30.4 Å². The fourth-order valence-electron chi connectivity index (χ4n) is 3.16. The van der Waals surface area contributed by atoms with Crippen LogP contribution in [-0.4, -0.2) is 47.9 Å². The van der Waals surface area contributed by atoms with Crippen LogP contribution in [0.5, 0.6) is 17.2 Å². The highest BCUT2D eigenvalue weighted by atomic mass is 32.2. The number of nitrogens with zero attached hydrogens (tertiary/aromatic N) is 2. The summed E-state index contributed by atoms with van der Waals surface area (Å²) in [6.07, 6.45) is 3.09. The zero-order valence-corrected chi connectivity index (χ0v) is 20.8. The average Bonchev–Trinajstić information content (AvgIpc) is 2.91. The molecule has 0 radical (unpaired) electrons. The molecular weight excluding hydrogens is 482 g/mol. The summed E-state index contributed by atoms with van der Waals surface area (Å²) in [5.41, 5.74) is 3.27. The summed E-state index contributed by atoms with van der Waals surface area (Å²) in [7, 11) is -1.22. The number of rotatable bonds is 12. The minimum atomic E-state index is -4.11. The Bertz CT molecular complexity index is 1310. The second-order valence-corrected chi connectivity index (χ2v) is 9.19. The molecule has 3 rings (SSSR count). The molecule has 0 heterocycles. The molecule has 0 aliphatic heterocycles. The number of carbonyl (C=O) groups is 1. The number of hydrogen-bond acceptors (Lipinski definition) is 7. The highest BCUT2D eigenvalue weighted by molar-refractivity contribution is 7.92. The first-order valence-corrected chi connectivity index (χ1v) is 12.3. The van der Waals surface area contributed by atoms with Gasteiger partial charge in [-0.1, -0.05) is 30.9 Å². The predicted octanol–water partition coefficient (Wildman–Crippen LogP) is 3.61. The molecule has 188 valence electrons. The van der Waals surface area contributed by atoms with E-state index in [1.165, 1.54) is 38.6 Å². The Kier molecular flexibility index (Phi) is 9.07. The van der Waals surface area contributed by atoms with Gasteiger partial charge in [0.15, 0.2) is 0 Å². The van der Waals surface area contributed by atoms with Crippen molar-refractivity contribution in [2.75, 3.05) is 31.7 Å². The summed E-state index contributed by atoms with van der Waals surface area (Å²) >= 11 is 0. The molecule has 36 heavy (non-hydrogen) atoms. The molecule has 1 N–H and O–H groups in total. The Morgan fingerprint density at radius 3 is 2.33 bits per heavy atom. The van der Waals surface area contributed by atoms with Crippen LogP contribution in [0.1, 0.15) is 5.56 Å². The summed E-state index contributed by atoms with van der Waals surface area (Å²) in [5.74, 6) is 0.729. The number of hydrazone groups is 1. The Balaban J connectivity index is 1.82. The van der Waals surface area contributed by atoms with Gasteiger partial charge in [0.25, 0.3) is 15.9 Å². The molecule has 9 nitrogen and oxygen atoms in total. The van der Waals surface area contributed by atoms with E-state index in [4.69, 9.17) is 14.2 Å². The van der Waals surface area contributed by atoms with Gasteiger partial charge in [-0.05, 0) is 54.1 Å². The maximum Gasteiger partial charge on any atom is 0.264 e. The van der Waals surface area contributed by atoms with Crippen molar-refractivity contribution in [3.8, 4) is 17.2 Å². The molecule has 1 amide bonds. The number of amides is 1. The molecule has 3 aromatic rings. The van der Waals surface area contributed by atoms with Gasteiger partial charge in [0.05, 0.1) is 31.0 Å². The van der Waals surface area contributed by atoms with Crippen LogP contribution in [0.3, 0.4) is 0 Å². The van der Waals surface area contributed by atoms with Crippen molar-refractivity contribution in [2.24, 2.45) is 5.10 Å². The lowest BCUT2D eigenvalue weighted by atomic mass is 10.2. The summed E-state index contributed by atoms with van der Waals surface area (Å²) in [4.78, 5) is 12.8. The molecule has 0 saturated heterocycles. The molecular formula is C26H27N3O6S. The van der Waals surface area contributed by atoms with Crippen LogP contribution in [0.25, 0.3) is 0 Å². The summed E-state index contributed by atoms with van der Waals surface area (Å²) in [6, 6.07) is 19.5. The SMILES string of the molecule is C=CCOc1ccc(/C=N\NC(=O)CN(c2ccc(OC)cc2OC)S(=O)(=O)c2ccccc2)cc1. The van der Waals surface area contributed by atoms with E-state index in [-0.39, 0.29) is 16.3 Å². The van der Waals surface area contributed by atoms with E-state index >= 15 is 0 Å². The molecule has 0 unspecified atom stereocenters. The number of ether oxygens (including phenoxy) is 3. The van der Waals surface area contributed by atoms with Crippen LogP contribution in [0.4, 0.5) is 5.69 Å². The van der Waals surface area contributed by atoms with Gasteiger partial charge in [0.2, 0.25) is 0 Å². The zero-order valence-electron chi connectivity index (χ0n) is 20.0. The predicted molar refractivity (Wildman–Crippen MR) is 138 cm³/mol. The Labute approximate surface area is 210 Å². The monoisotopic (exact) mass is 509 g/mol. The van der Waals surface area contributed by atoms with Crippen molar-refractivity contribution in [3.63, 3.8) is 0 Å². The van der Waals surface area contributed by atoms with E-state index in [0.29, 0.717) is 23.7 Å². The van der Waals surface area contributed by atoms with Crippen molar-refractivity contribution in [3.05, 3.63) is 91.0 Å². The molecule has 0 fully saturated rings. The molecule has 0 saturated carbocycles. The lowest BCUT2D eigenvalue weighted by molar-refractivity contribution is -0.119. The lowest BCUT2D eigenvalue weighted by Crippen LogP contribution is -2.39. The van der Waals surface area contributed by atoms with Crippen LogP contribution in [0.2, 0.25) is 0 Å². The Morgan fingerprint density at radius 1 is 1.00 bits per heavy atom. The minimum absolute atomic E-state index is 0.0259. The zero-order chi connectivity index (χ0) is 26.0. The molecule has 0 aliphatic rings. The van der Waals surface area contributed by atoms with Gasteiger partial charge in [-0.25, -0.2) is 13.8 Å². The number of benzene rings is 3. The summed E-state index contributed by atoms with van der Waals surface area (Å²) < 4.78 is 44.0. The fourth-order valence-corrected chi connectivity index (χ4v) is 4.61. The third kappa shape index (κ3) is 6.63. The van der Waals surface area contributed by atoms with Crippen LogP contribution in [0, 0.1) is 0 Å². The van der Waals surface area contributed by atoms with Crippen LogP contribution >= 0.6 is 0 Å². The molecule has 0 aliphatic carbocycles. The largest absolute Gasteiger partial charge is 0.497 e. The quantitative estimate of drug-likeness (QED) is 0.227. The van der Waals surface area contributed by atoms with Crippen molar-refractivity contribution >= 4 is 27.8 Å². The van der Waals surface area contributed by atoms with Crippen molar-refractivity contribution in [2.45, 2.75) is 4.90 Å². The van der Waals surface area contributed by atoms with E-state index in [0.717, 1.165) is 4.31 Å². The molecule has 0 spiro atoms. The first-order valence-electron chi connectivity index (χ1n) is 10.8. The molecule has 0 bridgehead atoms. The van der Waals surface area contributed by atoms with E-state index in [1.807, 2.05) is 0 Å². The average molecular weight is 510 g/mol. The van der Waals surface area contributed by atoms with Crippen molar-refractivity contribution in [1.82, 2.24) is 5.43 Å². The minimum Gasteiger partial charge on any atom is -0.497 e. The Morgan fingerprint density at radius 2 is 1.69 bits per heavy atom. The van der Waals surface area contributed by atoms with Gasteiger partial charge in [0, 0.05) is 6.07 Å². The standard InChI is InChI=1S/C26H27N3O6S/c1-4-16-35-21-12-10-20(11-13-21)18-27-28-26(30)19-29(36(31,32)23-8-6-5-7-9-23)24-15-14-22(33-2)17-25(24)34-3/h4-15,17-18H,1,16,19H2,2-3H3,(H,28,30)/b27-18-. The van der Waals surface area contributed by atoms with Gasteiger partial charge in [-0.3, -0.25) is 9.10 Å². The first-order chi connectivity index (χ1) is 17.4. The maximum atomic E-state index is 13.5. The third-order valence-electron chi connectivity index (χ3n) is 4.92. The van der Waals surface area contributed by atoms with Gasteiger partial charge in [-0.2, -0.15) is 5.10 Å². The van der Waals surface area contributed by atoms with Crippen LogP contribution in [-0.2, 0) is 14.8 Å². The molecule has 10 heteroatoms. The molecule has 0 aromatic heterocycles. The maximum absolute atomic E-state index is 13.5. The number of hydrogen-bond donors (Lipinski definition) is 1. The highest BCUT2D eigenvalue weighted by Crippen LogP contribution is 2.35. The third-order valence-corrected chi connectivity index (χ3v) is 6.70. The number of carbonyl (C=O) groups excluding carboxylic acids is 1. The summed E-state index contributed by atoms with van der Waals surface area (Å²) in [5, 5.41) is 3.95. The number of nitrogens with one attached hydrogen (secondary N) is 1. The van der Waals surface area contributed by atoms with Gasteiger partial charge < -0.3 is 14.2 Å². The lowest BCUT2D eigenvalue weighted by Gasteiger charge is -2.25. The van der Waals surface area contributed by atoms with Gasteiger partial charge >= 0.3 is 0 Å². The van der Waals surface area contributed by atoms with Crippen LogP contribution in [0.15, 0.2) is 95.4 Å².